The quantitative estimate of drug-likeness (QED) is 0.371. The van der Waals surface area contributed by atoms with E-state index in [1.807, 2.05) is 10.8 Å². The van der Waals surface area contributed by atoms with Gasteiger partial charge in [0.15, 0.2) is 0 Å². The molecule has 2 heterocycles. The molecular formula is C22H29N5O4. The maximum atomic E-state index is 12.7. The molecule has 9 nitrogen and oxygen atoms in total. The highest BCUT2D eigenvalue weighted by molar-refractivity contribution is 5.92. The Bertz CT molecular complexity index is 994. The first-order valence-corrected chi connectivity index (χ1v) is 10.5. The number of carbonyl (C=O) groups excluding carboxylic acids is 1. The highest BCUT2D eigenvalue weighted by atomic mass is 16.6. The minimum Gasteiger partial charge on any atom is -0.466 e. The van der Waals surface area contributed by atoms with Crippen molar-refractivity contribution in [2.45, 2.75) is 39.7 Å². The molecule has 1 atom stereocenters. The van der Waals surface area contributed by atoms with Crippen LogP contribution in [0.25, 0.3) is 0 Å². The Kier molecular flexibility index (Phi) is 7.06. The van der Waals surface area contributed by atoms with Gasteiger partial charge < -0.3 is 19.5 Å². The second kappa shape index (κ2) is 9.74. The lowest BCUT2D eigenvalue weighted by atomic mass is 9.94. The summed E-state index contributed by atoms with van der Waals surface area (Å²) in [5.41, 5.74) is 2.61. The summed E-state index contributed by atoms with van der Waals surface area (Å²) in [7, 11) is 1.33. The minimum absolute atomic E-state index is 0.0253. The number of non-ortho nitro benzene ring substituents is 1. The SMILES string of the molecule is CCN(CC)CCCc1cnc2n1C(c1cccc([N+](=O)[O-])c1)C(C(=O)OC)=C(C)N2. The number of nitro benzene ring substituents is 1. The summed E-state index contributed by atoms with van der Waals surface area (Å²) in [6.07, 6.45) is 3.51. The topological polar surface area (TPSA) is 103 Å². The Labute approximate surface area is 181 Å². The molecule has 0 bridgehead atoms. The van der Waals surface area contributed by atoms with Crippen LogP contribution in [0.5, 0.6) is 0 Å². The van der Waals surface area contributed by atoms with E-state index in [4.69, 9.17) is 4.74 Å². The van der Waals surface area contributed by atoms with Gasteiger partial charge in [0.1, 0.15) is 0 Å². The standard InChI is InChI=1S/C22H29N5O4/c1-5-25(6-2)12-8-11-18-14-23-22-24-15(3)19(21(28)31-4)20(26(18)22)16-9-7-10-17(13-16)27(29)30/h7,9-10,13-14,20H,5-6,8,11-12H2,1-4H3,(H,23,24). The van der Waals surface area contributed by atoms with E-state index in [-0.39, 0.29) is 5.69 Å². The molecule has 0 fully saturated rings. The monoisotopic (exact) mass is 427 g/mol. The van der Waals surface area contributed by atoms with Crippen LogP contribution in [0.1, 0.15) is 44.5 Å². The number of carbonyl (C=O) groups is 1. The maximum Gasteiger partial charge on any atom is 0.337 e. The number of nitro groups is 1. The second-order valence-corrected chi connectivity index (χ2v) is 7.48. The van der Waals surface area contributed by atoms with Gasteiger partial charge in [0.25, 0.3) is 5.69 Å². The summed E-state index contributed by atoms with van der Waals surface area (Å²) in [5.74, 6) is 0.134. The number of hydrogen-bond acceptors (Lipinski definition) is 7. The Morgan fingerprint density at radius 2 is 2.10 bits per heavy atom. The van der Waals surface area contributed by atoms with Crippen molar-refractivity contribution in [2.75, 3.05) is 32.1 Å². The van der Waals surface area contributed by atoms with E-state index < -0.39 is 16.9 Å². The lowest BCUT2D eigenvalue weighted by Crippen LogP contribution is -2.30. The van der Waals surface area contributed by atoms with Gasteiger partial charge in [-0.3, -0.25) is 10.1 Å². The van der Waals surface area contributed by atoms with Crippen LogP contribution in [-0.4, -0.2) is 52.1 Å². The molecule has 1 unspecified atom stereocenters. The molecule has 166 valence electrons. The minimum atomic E-state index is -0.561. The Morgan fingerprint density at radius 3 is 2.74 bits per heavy atom. The number of benzene rings is 1. The van der Waals surface area contributed by atoms with Gasteiger partial charge in [-0.15, -0.1) is 0 Å². The molecule has 3 rings (SSSR count). The fourth-order valence-electron chi connectivity index (χ4n) is 4.05. The number of aromatic nitrogens is 2. The van der Waals surface area contributed by atoms with Crippen LogP contribution < -0.4 is 5.32 Å². The van der Waals surface area contributed by atoms with Crippen molar-refractivity contribution in [1.29, 1.82) is 0 Å². The molecule has 31 heavy (non-hydrogen) atoms. The first-order chi connectivity index (χ1) is 14.9. The lowest BCUT2D eigenvalue weighted by Gasteiger charge is -2.31. The molecule has 1 aliphatic rings. The van der Waals surface area contributed by atoms with Gasteiger partial charge in [-0.25, -0.2) is 9.78 Å². The molecule has 1 N–H and O–H groups in total. The third-order valence-corrected chi connectivity index (χ3v) is 5.71. The largest absolute Gasteiger partial charge is 0.466 e. The van der Waals surface area contributed by atoms with Gasteiger partial charge >= 0.3 is 5.97 Å². The fraction of sp³-hybridized carbons (Fsp3) is 0.455. The van der Waals surface area contributed by atoms with Crippen LogP contribution in [0.4, 0.5) is 11.6 Å². The van der Waals surface area contributed by atoms with Crippen molar-refractivity contribution in [3.8, 4) is 0 Å². The summed E-state index contributed by atoms with van der Waals surface area (Å²) in [5, 5.41) is 14.6. The summed E-state index contributed by atoms with van der Waals surface area (Å²) in [6, 6.07) is 5.82. The summed E-state index contributed by atoms with van der Waals surface area (Å²) in [6.45, 7) is 9.02. The third kappa shape index (κ3) is 4.61. The lowest BCUT2D eigenvalue weighted by molar-refractivity contribution is -0.384. The second-order valence-electron chi connectivity index (χ2n) is 7.48. The number of ether oxygens (including phenoxy) is 1. The van der Waals surface area contributed by atoms with Crippen molar-refractivity contribution in [2.24, 2.45) is 0 Å². The fourth-order valence-corrected chi connectivity index (χ4v) is 4.05. The van der Waals surface area contributed by atoms with Gasteiger partial charge in [0.05, 0.1) is 29.8 Å². The van der Waals surface area contributed by atoms with Crippen molar-refractivity contribution in [1.82, 2.24) is 14.5 Å². The molecule has 2 aromatic rings. The first-order valence-electron chi connectivity index (χ1n) is 10.5. The van der Waals surface area contributed by atoms with Crippen molar-refractivity contribution >= 4 is 17.6 Å². The molecule has 1 aromatic heterocycles. The van der Waals surface area contributed by atoms with E-state index >= 15 is 0 Å². The number of hydrogen-bond donors (Lipinski definition) is 1. The van der Waals surface area contributed by atoms with E-state index in [1.165, 1.54) is 19.2 Å². The van der Waals surface area contributed by atoms with Gasteiger partial charge in [0.2, 0.25) is 5.95 Å². The number of imidazole rings is 1. The van der Waals surface area contributed by atoms with Gasteiger partial charge in [0, 0.05) is 23.5 Å². The van der Waals surface area contributed by atoms with E-state index in [0.717, 1.165) is 38.2 Å². The zero-order chi connectivity index (χ0) is 22.5. The maximum absolute atomic E-state index is 12.7. The molecule has 9 heteroatoms. The average molecular weight is 428 g/mol. The number of rotatable bonds is 9. The van der Waals surface area contributed by atoms with Crippen LogP contribution in [0.2, 0.25) is 0 Å². The van der Waals surface area contributed by atoms with Gasteiger partial charge in [-0.2, -0.15) is 0 Å². The smallest absolute Gasteiger partial charge is 0.337 e. The molecule has 0 spiro atoms. The number of esters is 1. The van der Waals surface area contributed by atoms with E-state index in [0.29, 0.717) is 22.8 Å². The average Bonchev–Trinajstić information content (AvgIpc) is 3.17. The molecule has 0 saturated heterocycles. The van der Waals surface area contributed by atoms with Crippen LogP contribution in [0.3, 0.4) is 0 Å². The highest BCUT2D eigenvalue weighted by Gasteiger charge is 2.35. The van der Waals surface area contributed by atoms with Crippen LogP contribution >= 0.6 is 0 Å². The number of nitrogens with zero attached hydrogens (tertiary/aromatic N) is 4. The van der Waals surface area contributed by atoms with Crippen LogP contribution in [0.15, 0.2) is 41.7 Å². The summed E-state index contributed by atoms with van der Waals surface area (Å²) in [4.78, 5) is 30.5. The Morgan fingerprint density at radius 1 is 1.35 bits per heavy atom. The highest BCUT2D eigenvalue weighted by Crippen LogP contribution is 2.38. The molecule has 0 saturated carbocycles. The van der Waals surface area contributed by atoms with Gasteiger partial charge in [-0.1, -0.05) is 26.0 Å². The number of allylic oxidation sites excluding steroid dienone is 1. The van der Waals surface area contributed by atoms with Crippen LogP contribution in [-0.2, 0) is 16.0 Å². The zero-order valence-electron chi connectivity index (χ0n) is 18.4. The number of fused-ring (bicyclic) bond motifs is 1. The number of methoxy groups -OCH3 is 1. The molecule has 0 amide bonds. The van der Waals surface area contributed by atoms with Crippen molar-refractivity contribution < 1.29 is 14.5 Å². The normalized spacial score (nSPS) is 15.6. The predicted octanol–water partition coefficient (Wildman–Crippen LogP) is 3.53. The van der Waals surface area contributed by atoms with Crippen LogP contribution in [0, 0.1) is 10.1 Å². The Balaban J connectivity index is 2.04. The van der Waals surface area contributed by atoms with Crippen molar-refractivity contribution in [3.05, 3.63) is 63.1 Å². The molecular weight excluding hydrogens is 398 g/mol. The predicted molar refractivity (Wildman–Crippen MR) is 118 cm³/mol. The first kappa shape index (κ1) is 22.5. The Hall–Kier alpha value is -3.20. The molecule has 1 aliphatic heterocycles. The molecule has 1 aromatic carbocycles. The third-order valence-electron chi connectivity index (χ3n) is 5.71. The number of aryl methyl sites for hydroxylation is 1. The number of anilines is 1. The number of nitrogens with one attached hydrogen (secondary N) is 1. The van der Waals surface area contributed by atoms with E-state index in [1.54, 1.807) is 19.1 Å². The summed E-state index contributed by atoms with van der Waals surface area (Å²) < 4.78 is 7.01. The summed E-state index contributed by atoms with van der Waals surface area (Å²) >= 11 is 0. The van der Waals surface area contributed by atoms with Gasteiger partial charge in [-0.05, 0) is 45.0 Å². The van der Waals surface area contributed by atoms with Crippen molar-refractivity contribution in [3.63, 3.8) is 0 Å². The molecule has 0 radical (unpaired) electrons. The molecule has 0 aliphatic carbocycles. The van der Waals surface area contributed by atoms with E-state index in [9.17, 15) is 14.9 Å². The van der Waals surface area contributed by atoms with E-state index in [2.05, 4.69) is 29.0 Å². The zero-order valence-corrected chi connectivity index (χ0v) is 18.4.